The molecule has 0 aromatic heterocycles. The molecule has 0 saturated carbocycles. The third-order valence-electron chi connectivity index (χ3n) is 3.52. The van der Waals surface area contributed by atoms with E-state index in [1.165, 1.54) is 13.1 Å². The van der Waals surface area contributed by atoms with Crippen molar-refractivity contribution in [3.8, 4) is 5.75 Å². The summed E-state index contributed by atoms with van der Waals surface area (Å²) in [5.41, 5.74) is 1.27. The zero-order chi connectivity index (χ0) is 17.1. The number of carbonyl (C=O) groups excluding carboxylic acids is 2. The van der Waals surface area contributed by atoms with Crippen LogP contribution >= 0.6 is 11.8 Å². The first-order valence-electron chi connectivity index (χ1n) is 7.22. The van der Waals surface area contributed by atoms with Crippen molar-refractivity contribution in [2.75, 3.05) is 7.05 Å². The van der Waals surface area contributed by atoms with E-state index in [9.17, 15) is 14.0 Å². The van der Waals surface area contributed by atoms with Gasteiger partial charge in [0, 0.05) is 12.6 Å². The normalized spacial score (nSPS) is 16.1. The molecule has 6 heteroatoms. The molecule has 1 saturated heterocycles. The van der Waals surface area contributed by atoms with Crippen LogP contribution in [-0.4, -0.2) is 23.1 Å². The summed E-state index contributed by atoms with van der Waals surface area (Å²) in [6.07, 6.45) is 1.66. The summed E-state index contributed by atoms with van der Waals surface area (Å²) in [5, 5.41) is -0.281. The molecule has 1 fully saturated rings. The summed E-state index contributed by atoms with van der Waals surface area (Å²) in [6.45, 7) is 0.140. The first-order valence-corrected chi connectivity index (χ1v) is 8.04. The Morgan fingerprint density at radius 3 is 2.46 bits per heavy atom. The maximum Gasteiger partial charge on any atom is 0.293 e. The minimum Gasteiger partial charge on any atom is -0.489 e. The highest BCUT2D eigenvalue weighted by Crippen LogP contribution is 2.31. The lowest BCUT2D eigenvalue weighted by Crippen LogP contribution is -2.22. The van der Waals surface area contributed by atoms with Crippen LogP contribution in [0.2, 0.25) is 0 Å². The monoisotopic (exact) mass is 343 g/mol. The Balaban J connectivity index is 1.67. The van der Waals surface area contributed by atoms with Gasteiger partial charge in [-0.2, -0.15) is 0 Å². The third kappa shape index (κ3) is 3.49. The Morgan fingerprint density at radius 1 is 1.12 bits per heavy atom. The summed E-state index contributed by atoms with van der Waals surface area (Å²) in [4.78, 5) is 24.8. The Morgan fingerprint density at radius 2 is 1.83 bits per heavy atom. The predicted octanol–water partition coefficient (Wildman–Crippen LogP) is 4.07. The van der Waals surface area contributed by atoms with Crippen LogP contribution in [0.15, 0.2) is 53.4 Å². The topological polar surface area (TPSA) is 46.6 Å². The van der Waals surface area contributed by atoms with Crippen LogP contribution in [0.5, 0.6) is 5.75 Å². The van der Waals surface area contributed by atoms with Gasteiger partial charge < -0.3 is 4.74 Å². The number of likely N-dealkylation sites (N-methyl/N-ethyl adjacent to an activating group) is 1. The van der Waals surface area contributed by atoms with Crippen molar-refractivity contribution >= 4 is 29.0 Å². The third-order valence-corrected chi connectivity index (χ3v) is 4.48. The number of carbonyl (C=O) groups is 2. The lowest BCUT2D eigenvalue weighted by atomic mass is 10.2. The average Bonchev–Trinajstić information content (AvgIpc) is 2.82. The molecule has 2 aromatic rings. The number of amides is 2. The molecular weight excluding hydrogens is 329 g/mol. The van der Waals surface area contributed by atoms with E-state index in [2.05, 4.69) is 0 Å². The zero-order valence-electron chi connectivity index (χ0n) is 12.9. The number of rotatable bonds is 4. The molecule has 2 aromatic carbocycles. The van der Waals surface area contributed by atoms with E-state index in [4.69, 9.17) is 4.74 Å². The van der Waals surface area contributed by atoms with Gasteiger partial charge in [-0.15, -0.1) is 0 Å². The average molecular weight is 343 g/mol. The van der Waals surface area contributed by atoms with Crippen LogP contribution in [0.25, 0.3) is 6.08 Å². The van der Waals surface area contributed by atoms with E-state index >= 15 is 0 Å². The SMILES string of the molecule is CN1C(=O)S/C(=C\c2ccc(OCc3ccccc3F)cc2)C1=O. The molecule has 4 nitrogen and oxygen atoms in total. The lowest BCUT2D eigenvalue weighted by molar-refractivity contribution is -0.121. The van der Waals surface area contributed by atoms with Gasteiger partial charge in [0.15, 0.2) is 0 Å². The molecule has 2 amide bonds. The fourth-order valence-corrected chi connectivity index (χ4v) is 2.96. The Bertz CT molecular complexity index is 817. The molecule has 1 aliphatic rings. The molecule has 1 aliphatic heterocycles. The highest BCUT2D eigenvalue weighted by Gasteiger charge is 2.31. The van der Waals surface area contributed by atoms with Gasteiger partial charge in [-0.1, -0.05) is 30.3 Å². The molecule has 122 valence electrons. The van der Waals surface area contributed by atoms with E-state index in [0.717, 1.165) is 22.2 Å². The second-order valence-electron chi connectivity index (χ2n) is 5.19. The molecule has 0 radical (unpaired) electrons. The second-order valence-corrected chi connectivity index (χ2v) is 6.18. The molecule has 24 heavy (non-hydrogen) atoms. The highest BCUT2D eigenvalue weighted by molar-refractivity contribution is 8.18. The summed E-state index contributed by atoms with van der Waals surface area (Å²) in [6, 6.07) is 13.5. The standard InChI is InChI=1S/C18H14FNO3S/c1-20-17(21)16(24-18(20)22)10-12-6-8-14(9-7-12)23-11-13-4-2-3-5-15(13)19/h2-10H,11H2,1H3/b16-10-. The van der Waals surface area contributed by atoms with Crippen LogP contribution < -0.4 is 4.74 Å². The summed E-state index contributed by atoms with van der Waals surface area (Å²) < 4.78 is 19.1. The van der Waals surface area contributed by atoms with Gasteiger partial charge in [-0.05, 0) is 41.6 Å². The van der Waals surface area contributed by atoms with Gasteiger partial charge in [0.1, 0.15) is 18.2 Å². The molecule has 0 N–H and O–H groups in total. The van der Waals surface area contributed by atoms with Crippen LogP contribution in [0, 0.1) is 5.82 Å². The van der Waals surface area contributed by atoms with Gasteiger partial charge in [0.25, 0.3) is 11.1 Å². The fourth-order valence-electron chi connectivity index (χ4n) is 2.13. The Hall–Kier alpha value is -2.60. The lowest BCUT2D eigenvalue weighted by Gasteiger charge is -2.07. The van der Waals surface area contributed by atoms with Crippen LogP contribution in [0.4, 0.5) is 9.18 Å². The van der Waals surface area contributed by atoms with E-state index in [-0.39, 0.29) is 23.6 Å². The minimum atomic E-state index is -0.301. The smallest absolute Gasteiger partial charge is 0.293 e. The minimum absolute atomic E-state index is 0.140. The van der Waals surface area contributed by atoms with Gasteiger partial charge >= 0.3 is 0 Å². The molecular formula is C18H14FNO3S. The number of ether oxygens (including phenoxy) is 1. The van der Waals surface area contributed by atoms with E-state index in [1.54, 1.807) is 48.5 Å². The molecule has 0 unspecified atom stereocenters. The number of hydrogen-bond donors (Lipinski definition) is 0. The Labute approximate surface area is 142 Å². The molecule has 0 aliphatic carbocycles. The quantitative estimate of drug-likeness (QED) is 0.785. The van der Waals surface area contributed by atoms with Crippen molar-refractivity contribution in [2.45, 2.75) is 6.61 Å². The maximum absolute atomic E-state index is 13.5. The second kappa shape index (κ2) is 6.88. The summed E-state index contributed by atoms with van der Waals surface area (Å²) >= 11 is 0.916. The maximum atomic E-state index is 13.5. The van der Waals surface area contributed by atoms with Crippen molar-refractivity contribution in [2.24, 2.45) is 0 Å². The number of hydrogen-bond acceptors (Lipinski definition) is 4. The summed E-state index contributed by atoms with van der Waals surface area (Å²) in [5.74, 6) is -0.00621. The largest absolute Gasteiger partial charge is 0.489 e. The van der Waals surface area contributed by atoms with Crippen LogP contribution in [0.1, 0.15) is 11.1 Å². The van der Waals surface area contributed by atoms with Gasteiger partial charge in [-0.3, -0.25) is 14.5 Å². The number of imide groups is 1. The number of halogens is 1. The summed E-state index contributed by atoms with van der Waals surface area (Å²) in [7, 11) is 1.46. The van der Waals surface area contributed by atoms with Gasteiger partial charge in [-0.25, -0.2) is 4.39 Å². The zero-order valence-corrected chi connectivity index (χ0v) is 13.7. The van der Waals surface area contributed by atoms with Crippen molar-refractivity contribution in [1.29, 1.82) is 0 Å². The van der Waals surface area contributed by atoms with Crippen LogP contribution in [-0.2, 0) is 11.4 Å². The Kier molecular flexibility index (Phi) is 4.66. The number of thioether (sulfide) groups is 1. The van der Waals surface area contributed by atoms with E-state index in [0.29, 0.717) is 16.2 Å². The van der Waals surface area contributed by atoms with Gasteiger partial charge in [0.05, 0.1) is 4.91 Å². The fraction of sp³-hybridized carbons (Fsp3) is 0.111. The molecule has 3 rings (SSSR count). The molecule has 1 heterocycles. The molecule has 0 spiro atoms. The van der Waals surface area contributed by atoms with E-state index < -0.39 is 0 Å². The molecule has 0 atom stereocenters. The highest BCUT2D eigenvalue weighted by atomic mass is 32.2. The van der Waals surface area contributed by atoms with Crippen molar-refractivity contribution in [3.63, 3.8) is 0 Å². The predicted molar refractivity (Wildman–Crippen MR) is 90.9 cm³/mol. The van der Waals surface area contributed by atoms with Crippen LogP contribution in [0.3, 0.4) is 0 Å². The molecule has 0 bridgehead atoms. The van der Waals surface area contributed by atoms with Crippen molar-refractivity contribution in [1.82, 2.24) is 4.90 Å². The van der Waals surface area contributed by atoms with E-state index in [1.807, 2.05) is 0 Å². The first-order chi connectivity index (χ1) is 11.5. The first kappa shape index (κ1) is 16.3. The van der Waals surface area contributed by atoms with Crippen molar-refractivity contribution in [3.05, 3.63) is 70.4 Å². The number of benzene rings is 2. The van der Waals surface area contributed by atoms with Crippen molar-refractivity contribution < 1.29 is 18.7 Å². The van der Waals surface area contributed by atoms with Gasteiger partial charge in [0.2, 0.25) is 0 Å². The number of nitrogens with zero attached hydrogens (tertiary/aromatic N) is 1.